The lowest BCUT2D eigenvalue weighted by Crippen LogP contribution is -2.04. The maximum Gasteiger partial charge on any atom is 0.172 e. The summed E-state index contributed by atoms with van der Waals surface area (Å²) in [6.07, 6.45) is 0.184. The molecular weight excluding hydrogens is 328 g/mol. The third kappa shape index (κ3) is 2.46. The molecule has 1 atom stereocenters. The Morgan fingerprint density at radius 1 is 1.60 bits per heavy atom. The van der Waals surface area contributed by atoms with Gasteiger partial charge in [-0.15, -0.1) is 0 Å². The molecule has 1 fully saturated rings. The van der Waals surface area contributed by atoms with Crippen LogP contribution >= 0.6 is 31.9 Å². The highest BCUT2D eigenvalue weighted by molar-refractivity contribution is 9.11. The molecule has 1 heterocycles. The maximum atomic E-state index is 9.80. The average Bonchev–Trinajstić information content (AvgIpc) is 3.02. The summed E-state index contributed by atoms with van der Waals surface area (Å²) in [4.78, 5) is 0. The van der Waals surface area contributed by atoms with Crippen molar-refractivity contribution in [3.63, 3.8) is 0 Å². The second-order valence-corrected chi connectivity index (χ2v) is 5.06. The molecule has 0 bridgehead atoms. The fraction of sp³-hybridized carbons (Fsp3) is 0.400. The molecule has 82 valence electrons. The van der Waals surface area contributed by atoms with Crippen LogP contribution in [-0.2, 0) is 4.74 Å². The molecule has 0 radical (unpaired) electrons. The van der Waals surface area contributed by atoms with Crippen LogP contribution in [-0.4, -0.2) is 24.4 Å². The van der Waals surface area contributed by atoms with Crippen molar-refractivity contribution in [3.8, 4) is 11.5 Å². The van der Waals surface area contributed by atoms with Crippen molar-refractivity contribution in [3.05, 3.63) is 20.6 Å². The molecule has 1 aliphatic heterocycles. The van der Waals surface area contributed by atoms with Crippen molar-refractivity contribution in [1.82, 2.24) is 0 Å². The Bertz CT molecular complexity index is 389. The molecule has 1 aromatic rings. The Balaban J connectivity index is 2.21. The number of phenols is 1. The molecule has 5 heteroatoms. The normalized spacial score (nSPS) is 19.0. The van der Waals surface area contributed by atoms with Crippen LogP contribution < -0.4 is 4.74 Å². The Kier molecular flexibility index (Phi) is 3.23. The van der Waals surface area contributed by atoms with Gasteiger partial charge < -0.3 is 14.6 Å². The third-order valence-electron chi connectivity index (χ3n) is 2.21. The summed E-state index contributed by atoms with van der Waals surface area (Å²) in [6.45, 7) is 3.13. The molecule has 15 heavy (non-hydrogen) atoms. The van der Waals surface area contributed by atoms with Gasteiger partial charge in [-0.25, -0.2) is 0 Å². The lowest BCUT2D eigenvalue weighted by Gasteiger charge is -2.11. The van der Waals surface area contributed by atoms with E-state index in [4.69, 9.17) is 9.47 Å². The zero-order chi connectivity index (χ0) is 11.0. The van der Waals surface area contributed by atoms with Crippen molar-refractivity contribution < 1.29 is 14.6 Å². The van der Waals surface area contributed by atoms with E-state index in [1.165, 1.54) is 0 Å². The van der Waals surface area contributed by atoms with E-state index in [0.717, 1.165) is 16.6 Å². The number of phenolic OH excluding ortho intramolecular Hbond substituents is 1. The minimum atomic E-state index is 0.136. The summed E-state index contributed by atoms with van der Waals surface area (Å²) < 4.78 is 12.0. The van der Waals surface area contributed by atoms with Gasteiger partial charge in [-0.3, -0.25) is 0 Å². The van der Waals surface area contributed by atoms with Crippen molar-refractivity contribution in [2.45, 2.75) is 13.0 Å². The second-order valence-electron chi connectivity index (χ2n) is 3.41. The first-order valence-electron chi connectivity index (χ1n) is 4.51. The van der Waals surface area contributed by atoms with Gasteiger partial charge in [-0.05, 0) is 34.5 Å². The van der Waals surface area contributed by atoms with E-state index in [1.807, 2.05) is 6.92 Å². The van der Waals surface area contributed by atoms with Crippen LogP contribution in [0, 0.1) is 6.92 Å². The molecule has 0 spiro atoms. The largest absolute Gasteiger partial charge is 0.503 e. The smallest absolute Gasteiger partial charge is 0.172 e. The summed E-state index contributed by atoms with van der Waals surface area (Å²) in [6, 6.07) is 1.76. The minimum absolute atomic E-state index is 0.136. The summed E-state index contributed by atoms with van der Waals surface area (Å²) in [5.41, 5.74) is 0.947. The summed E-state index contributed by atoms with van der Waals surface area (Å²) in [7, 11) is 0. The molecule has 0 saturated carbocycles. The van der Waals surface area contributed by atoms with Crippen LogP contribution in [0.4, 0.5) is 0 Å². The molecule has 1 aromatic carbocycles. The summed E-state index contributed by atoms with van der Waals surface area (Å²) >= 11 is 6.71. The molecule has 2 rings (SSSR count). The highest BCUT2D eigenvalue weighted by Gasteiger charge is 2.24. The number of aromatic hydroxyl groups is 1. The van der Waals surface area contributed by atoms with Gasteiger partial charge in [0, 0.05) is 4.47 Å². The zero-order valence-corrected chi connectivity index (χ0v) is 11.3. The zero-order valence-electron chi connectivity index (χ0n) is 8.09. The quantitative estimate of drug-likeness (QED) is 0.862. The molecule has 0 aromatic heterocycles. The van der Waals surface area contributed by atoms with Crippen molar-refractivity contribution in [1.29, 1.82) is 0 Å². The first-order valence-corrected chi connectivity index (χ1v) is 6.10. The number of ether oxygens (including phenoxy) is 2. The lowest BCUT2D eigenvalue weighted by molar-refractivity contribution is 0.253. The van der Waals surface area contributed by atoms with E-state index in [9.17, 15) is 5.11 Å². The first kappa shape index (κ1) is 11.2. The maximum absolute atomic E-state index is 9.80. The van der Waals surface area contributed by atoms with Crippen LogP contribution in [0.3, 0.4) is 0 Å². The van der Waals surface area contributed by atoms with E-state index in [2.05, 4.69) is 31.9 Å². The van der Waals surface area contributed by atoms with E-state index in [-0.39, 0.29) is 11.9 Å². The molecule has 1 aliphatic rings. The van der Waals surface area contributed by atoms with E-state index in [1.54, 1.807) is 6.07 Å². The number of halogens is 2. The predicted molar refractivity (Wildman–Crippen MR) is 63.5 cm³/mol. The number of rotatable bonds is 3. The highest BCUT2D eigenvalue weighted by atomic mass is 79.9. The average molecular weight is 338 g/mol. The number of hydrogen-bond donors (Lipinski definition) is 1. The van der Waals surface area contributed by atoms with Crippen molar-refractivity contribution in [2.24, 2.45) is 0 Å². The molecule has 1 unspecified atom stereocenters. The Morgan fingerprint density at radius 3 is 2.87 bits per heavy atom. The van der Waals surface area contributed by atoms with Crippen LogP contribution in [0.15, 0.2) is 15.0 Å². The molecular formula is C10H10Br2O3. The fourth-order valence-corrected chi connectivity index (χ4v) is 2.22. The fourth-order valence-electron chi connectivity index (χ4n) is 1.14. The molecule has 1 N–H and O–H groups in total. The van der Waals surface area contributed by atoms with Crippen LogP contribution in [0.5, 0.6) is 11.5 Å². The Morgan fingerprint density at radius 2 is 2.27 bits per heavy atom. The lowest BCUT2D eigenvalue weighted by atomic mass is 10.2. The van der Waals surface area contributed by atoms with Gasteiger partial charge in [0.05, 0.1) is 11.1 Å². The molecule has 0 amide bonds. The summed E-state index contributed by atoms with van der Waals surface area (Å²) in [5, 5.41) is 9.80. The molecule has 1 saturated heterocycles. The number of hydrogen-bond acceptors (Lipinski definition) is 3. The van der Waals surface area contributed by atoms with Crippen LogP contribution in [0.2, 0.25) is 0 Å². The van der Waals surface area contributed by atoms with E-state index in [0.29, 0.717) is 16.8 Å². The standard InChI is InChI=1S/C10H10Br2O3/c1-5-7(11)2-8(10(13)9(5)12)15-4-6-3-14-6/h2,6,13H,3-4H2,1H3. The topological polar surface area (TPSA) is 42.0 Å². The third-order valence-corrected chi connectivity index (χ3v) is 4.01. The number of epoxide rings is 1. The van der Waals surface area contributed by atoms with E-state index < -0.39 is 0 Å². The van der Waals surface area contributed by atoms with Crippen LogP contribution in [0.25, 0.3) is 0 Å². The minimum Gasteiger partial charge on any atom is -0.503 e. The van der Waals surface area contributed by atoms with Gasteiger partial charge in [0.25, 0.3) is 0 Å². The van der Waals surface area contributed by atoms with Gasteiger partial charge in [-0.2, -0.15) is 0 Å². The predicted octanol–water partition coefficient (Wildman–Crippen LogP) is 3.00. The van der Waals surface area contributed by atoms with E-state index >= 15 is 0 Å². The molecule has 0 aliphatic carbocycles. The van der Waals surface area contributed by atoms with Crippen molar-refractivity contribution >= 4 is 31.9 Å². The highest BCUT2D eigenvalue weighted by Crippen LogP contribution is 2.40. The van der Waals surface area contributed by atoms with Gasteiger partial charge in [0.2, 0.25) is 0 Å². The Labute approximate surface area is 105 Å². The molecule has 3 nitrogen and oxygen atoms in total. The first-order chi connectivity index (χ1) is 7.09. The van der Waals surface area contributed by atoms with Gasteiger partial charge in [-0.1, -0.05) is 15.9 Å². The summed E-state index contributed by atoms with van der Waals surface area (Å²) in [5.74, 6) is 0.603. The van der Waals surface area contributed by atoms with Crippen molar-refractivity contribution in [2.75, 3.05) is 13.2 Å². The van der Waals surface area contributed by atoms with Crippen LogP contribution in [0.1, 0.15) is 5.56 Å². The Hall–Kier alpha value is -0.260. The van der Waals surface area contributed by atoms with Gasteiger partial charge in [0.15, 0.2) is 11.5 Å². The second kappa shape index (κ2) is 4.31. The SMILES string of the molecule is Cc1c(Br)cc(OCC2CO2)c(O)c1Br. The van der Waals surface area contributed by atoms with Gasteiger partial charge in [0.1, 0.15) is 12.7 Å². The monoisotopic (exact) mass is 336 g/mol. The number of benzene rings is 1. The van der Waals surface area contributed by atoms with Gasteiger partial charge >= 0.3 is 0 Å².